The zero-order valence-corrected chi connectivity index (χ0v) is 5.04. The first kappa shape index (κ1) is 5.75. The molecule has 1 aliphatic rings. The van der Waals surface area contributed by atoms with Crippen molar-refractivity contribution < 1.29 is 9.18 Å². The van der Waals surface area contributed by atoms with Gasteiger partial charge in [-0.3, -0.25) is 4.79 Å². The van der Waals surface area contributed by atoms with Crippen LogP contribution in [0.15, 0.2) is 4.99 Å². The van der Waals surface area contributed by atoms with Crippen LogP contribution < -0.4 is 0 Å². The van der Waals surface area contributed by atoms with Crippen molar-refractivity contribution in [3.05, 3.63) is 0 Å². The zero-order chi connectivity index (χ0) is 6.15. The summed E-state index contributed by atoms with van der Waals surface area (Å²) in [7, 11) is 0. The second-order valence-corrected chi connectivity index (χ2v) is 2.71. The Balaban J connectivity index is 2.73. The van der Waals surface area contributed by atoms with Crippen LogP contribution in [0.3, 0.4) is 0 Å². The van der Waals surface area contributed by atoms with Gasteiger partial charge in [0.1, 0.15) is 5.37 Å². The van der Waals surface area contributed by atoms with Crippen molar-refractivity contribution in [3.8, 4) is 0 Å². The van der Waals surface area contributed by atoms with E-state index in [-0.39, 0.29) is 5.37 Å². The summed E-state index contributed by atoms with van der Waals surface area (Å²) in [5, 5.41) is -0.764. The molecule has 4 heteroatoms. The molecule has 0 radical (unpaired) electrons. The van der Waals surface area contributed by atoms with Gasteiger partial charge in [-0.1, -0.05) is 11.8 Å². The molecule has 8 heavy (non-hydrogen) atoms. The summed E-state index contributed by atoms with van der Waals surface area (Å²) in [4.78, 5) is 13.6. The van der Waals surface area contributed by atoms with Crippen molar-refractivity contribution in [3.63, 3.8) is 0 Å². The molecule has 1 heterocycles. The molecule has 0 amide bonds. The van der Waals surface area contributed by atoms with Gasteiger partial charge in [0.15, 0.2) is 0 Å². The maximum atomic E-state index is 11.9. The predicted octanol–water partition coefficient (Wildman–Crippen LogP) is 0.974. The molecule has 1 unspecified atom stereocenters. The maximum Gasteiger partial charge on any atom is 0.268 e. The van der Waals surface area contributed by atoms with Crippen LogP contribution >= 0.6 is 11.8 Å². The fourth-order valence-electron chi connectivity index (χ4n) is 0.442. The average Bonchev–Trinajstić information content (AvgIpc) is 1.85. The van der Waals surface area contributed by atoms with E-state index < -0.39 is 11.1 Å². The fourth-order valence-corrected chi connectivity index (χ4v) is 1.05. The molecule has 0 bridgehead atoms. The minimum absolute atomic E-state index is 0.220. The SMILES string of the molecule is CC1N=C(F)C(=O)S1. The molecule has 0 fully saturated rings. The van der Waals surface area contributed by atoms with Gasteiger partial charge >= 0.3 is 0 Å². The highest BCUT2D eigenvalue weighted by Gasteiger charge is 2.22. The third-order valence-corrected chi connectivity index (χ3v) is 1.57. The monoisotopic (exact) mass is 133 g/mol. The van der Waals surface area contributed by atoms with E-state index in [0.29, 0.717) is 0 Å². The number of nitrogens with zero attached hydrogens (tertiary/aromatic N) is 1. The summed E-state index contributed by atoms with van der Waals surface area (Å²) in [6, 6.07) is 0. The van der Waals surface area contributed by atoms with E-state index in [0.717, 1.165) is 11.8 Å². The molecule has 0 saturated carbocycles. The fraction of sp³-hybridized carbons (Fsp3) is 0.500. The molecule has 0 saturated heterocycles. The molecule has 0 aromatic carbocycles. The van der Waals surface area contributed by atoms with Crippen molar-refractivity contribution in [2.24, 2.45) is 4.99 Å². The molecular formula is C4H4FNOS. The first-order chi connectivity index (χ1) is 3.70. The number of hydrogen-bond acceptors (Lipinski definition) is 3. The third kappa shape index (κ3) is 0.888. The maximum absolute atomic E-state index is 11.9. The van der Waals surface area contributed by atoms with Crippen molar-refractivity contribution in [2.75, 3.05) is 0 Å². The molecule has 1 rings (SSSR count). The Hall–Kier alpha value is -0.380. The molecular weight excluding hydrogens is 129 g/mol. The topological polar surface area (TPSA) is 29.4 Å². The Morgan fingerprint density at radius 1 is 1.88 bits per heavy atom. The van der Waals surface area contributed by atoms with Crippen LogP contribution in [0.2, 0.25) is 0 Å². The number of carbonyl (C=O) groups is 1. The van der Waals surface area contributed by atoms with Crippen molar-refractivity contribution in [2.45, 2.75) is 12.3 Å². The highest BCUT2D eigenvalue weighted by atomic mass is 32.2. The van der Waals surface area contributed by atoms with Gasteiger partial charge in [0, 0.05) is 0 Å². The van der Waals surface area contributed by atoms with Gasteiger partial charge in [-0.25, -0.2) is 4.99 Å². The molecule has 0 aromatic heterocycles. The van der Waals surface area contributed by atoms with E-state index in [2.05, 4.69) is 4.99 Å². The van der Waals surface area contributed by atoms with Crippen LogP contribution in [0.25, 0.3) is 0 Å². The highest BCUT2D eigenvalue weighted by molar-refractivity contribution is 8.16. The first-order valence-electron chi connectivity index (χ1n) is 2.14. The number of rotatable bonds is 0. The standard InChI is InChI=1S/C4H4FNOS/c1-2-6-3(5)4(7)8-2/h2H,1H3. The molecule has 0 aliphatic carbocycles. The van der Waals surface area contributed by atoms with E-state index in [1.807, 2.05) is 0 Å². The van der Waals surface area contributed by atoms with Crippen LogP contribution in [0.5, 0.6) is 0 Å². The quantitative estimate of drug-likeness (QED) is 0.492. The lowest BCUT2D eigenvalue weighted by Crippen LogP contribution is -1.94. The second-order valence-electron chi connectivity index (χ2n) is 1.42. The Morgan fingerprint density at radius 2 is 2.50 bits per heavy atom. The van der Waals surface area contributed by atoms with Gasteiger partial charge in [-0.05, 0) is 6.92 Å². The van der Waals surface area contributed by atoms with Crippen LogP contribution in [-0.2, 0) is 4.79 Å². The number of thioether (sulfide) groups is 1. The summed E-state index contributed by atoms with van der Waals surface area (Å²) in [5.74, 6) is -0.845. The number of halogens is 1. The van der Waals surface area contributed by atoms with Crippen molar-refractivity contribution in [1.82, 2.24) is 0 Å². The van der Waals surface area contributed by atoms with Gasteiger partial charge < -0.3 is 0 Å². The van der Waals surface area contributed by atoms with E-state index in [9.17, 15) is 9.18 Å². The molecule has 1 atom stereocenters. The third-order valence-electron chi connectivity index (χ3n) is 0.741. The average molecular weight is 133 g/mol. The smallest absolute Gasteiger partial charge is 0.268 e. The van der Waals surface area contributed by atoms with E-state index in [1.54, 1.807) is 6.92 Å². The molecule has 44 valence electrons. The number of aliphatic imine (C=N–C) groups is 1. The minimum atomic E-state index is -0.845. The van der Waals surface area contributed by atoms with Crippen LogP contribution in [-0.4, -0.2) is 16.5 Å². The Labute approximate surface area is 50.2 Å². The Morgan fingerprint density at radius 3 is 2.62 bits per heavy atom. The Kier molecular flexibility index (Phi) is 1.33. The summed E-state index contributed by atoms with van der Waals surface area (Å²) < 4.78 is 11.9. The molecule has 0 spiro atoms. The molecule has 0 N–H and O–H groups in total. The Bertz CT molecular complexity index is 156. The lowest BCUT2D eigenvalue weighted by Gasteiger charge is -1.86. The highest BCUT2D eigenvalue weighted by Crippen LogP contribution is 2.21. The summed E-state index contributed by atoms with van der Waals surface area (Å²) >= 11 is 0.911. The second kappa shape index (κ2) is 1.85. The van der Waals surface area contributed by atoms with Crippen molar-refractivity contribution in [1.29, 1.82) is 0 Å². The lowest BCUT2D eigenvalue weighted by atomic mass is 10.7. The van der Waals surface area contributed by atoms with Crippen LogP contribution in [0, 0.1) is 0 Å². The van der Waals surface area contributed by atoms with Crippen LogP contribution in [0.1, 0.15) is 6.92 Å². The number of carbonyl (C=O) groups excluding carboxylic acids is 1. The zero-order valence-electron chi connectivity index (χ0n) is 4.22. The minimum Gasteiger partial charge on any atom is -0.277 e. The first-order valence-corrected chi connectivity index (χ1v) is 3.02. The normalized spacial score (nSPS) is 28.5. The summed E-state index contributed by atoms with van der Waals surface area (Å²) in [6.07, 6.45) is 0. The van der Waals surface area contributed by atoms with Gasteiger partial charge in [0.05, 0.1) is 0 Å². The van der Waals surface area contributed by atoms with Gasteiger partial charge in [-0.15, -0.1) is 0 Å². The largest absolute Gasteiger partial charge is 0.277 e. The van der Waals surface area contributed by atoms with E-state index in [1.165, 1.54) is 0 Å². The van der Waals surface area contributed by atoms with Crippen molar-refractivity contribution >= 4 is 22.8 Å². The summed E-state index contributed by atoms with van der Waals surface area (Å²) in [6.45, 7) is 1.68. The molecule has 0 aromatic rings. The van der Waals surface area contributed by atoms with Gasteiger partial charge in [0.25, 0.3) is 11.1 Å². The predicted molar refractivity (Wildman–Crippen MR) is 30.6 cm³/mol. The lowest BCUT2D eigenvalue weighted by molar-refractivity contribution is -0.106. The van der Waals surface area contributed by atoms with Gasteiger partial charge in [-0.2, -0.15) is 4.39 Å². The summed E-state index contributed by atoms with van der Waals surface area (Å²) in [5.41, 5.74) is 0. The van der Waals surface area contributed by atoms with Gasteiger partial charge in [0.2, 0.25) is 0 Å². The van der Waals surface area contributed by atoms with Crippen LogP contribution in [0.4, 0.5) is 4.39 Å². The molecule has 1 aliphatic heterocycles. The van der Waals surface area contributed by atoms with E-state index >= 15 is 0 Å². The molecule has 2 nitrogen and oxygen atoms in total. The van der Waals surface area contributed by atoms with E-state index in [4.69, 9.17) is 0 Å². The number of hydrogen-bond donors (Lipinski definition) is 0.